The van der Waals surface area contributed by atoms with Crippen LogP contribution in [-0.2, 0) is 21.0 Å². The fourth-order valence-electron chi connectivity index (χ4n) is 2.77. The van der Waals surface area contributed by atoms with Gasteiger partial charge in [0.25, 0.3) is 0 Å². The zero-order valence-electron chi connectivity index (χ0n) is 17.5. The van der Waals surface area contributed by atoms with Gasteiger partial charge >= 0.3 is 11.9 Å². The lowest BCUT2D eigenvalue weighted by molar-refractivity contribution is -0.156. The molecule has 1 aromatic carbocycles. The number of methoxy groups -OCH3 is 1. The van der Waals surface area contributed by atoms with Crippen molar-refractivity contribution in [3.63, 3.8) is 0 Å². The van der Waals surface area contributed by atoms with Crippen LogP contribution in [0.15, 0.2) is 30.6 Å². The van der Waals surface area contributed by atoms with Gasteiger partial charge in [-0.05, 0) is 39.0 Å². The number of hydrogen-bond donors (Lipinski definition) is 2. The van der Waals surface area contributed by atoms with Gasteiger partial charge in [0.2, 0.25) is 0 Å². The maximum atomic E-state index is 12.3. The Hall–Kier alpha value is -3.46. The minimum absolute atomic E-state index is 0. The molecule has 0 bridgehead atoms. The highest BCUT2D eigenvalue weighted by Crippen LogP contribution is 2.24. The van der Waals surface area contributed by atoms with E-state index < -0.39 is 17.4 Å². The van der Waals surface area contributed by atoms with E-state index in [1.165, 1.54) is 30.1 Å². The molecule has 3 rings (SSSR count). The first-order valence-corrected chi connectivity index (χ1v) is 9.66. The average Bonchev–Trinajstić information content (AvgIpc) is 3.08. The Balaban J connectivity index is 0.00000363. The van der Waals surface area contributed by atoms with Gasteiger partial charge in [-0.25, -0.2) is 14.8 Å². The quantitative estimate of drug-likeness (QED) is 0.334. The van der Waals surface area contributed by atoms with E-state index in [9.17, 15) is 9.59 Å². The first-order chi connectivity index (χ1) is 14.5. The van der Waals surface area contributed by atoms with Gasteiger partial charge in [-0.2, -0.15) is 0 Å². The fraction of sp³-hybridized carbons (Fsp3) is 0.318. The predicted octanol–water partition coefficient (Wildman–Crippen LogP) is 4.05. The molecule has 0 saturated heterocycles. The molecule has 0 aliphatic rings. The third kappa shape index (κ3) is 4.88. The first kappa shape index (κ1) is 24.8. The van der Waals surface area contributed by atoms with Gasteiger partial charge < -0.3 is 15.2 Å². The summed E-state index contributed by atoms with van der Waals surface area (Å²) in [5.41, 5.74) is 6.93. The Morgan fingerprint density at radius 2 is 1.94 bits per heavy atom. The summed E-state index contributed by atoms with van der Waals surface area (Å²) in [5.74, 6) is -1.03. The molecule has 170 valence electrons. The van der Waals surface area contributed by atoms with Gasteiger partial charge in [-0.1, -0.05) is 19.0 Å². The molecular weight excluding hydrogens is 434 g/mol. The van der Waals surface area contributed by atoms with E-state index in [2.05, 4.69) is 9.97 Å². The summed E-state index contributed by atoms with van der Waals surface area (Å²) >= 11 is 5.93. The highest BCUT2D eigenvalue weighted by Gasteiger charge is 2.25. The molecule has 0 saturated carbocycles. The highest BCUT2D eigenvalue weighted by molar-refractivity contribution is 6.31. The van der Waals surface area contributed by atoms with Crippen molar-refractivity contribution in [1.82, 2.24) is 14.5 Å². The zero-order chi connectivity index (χ0) is 22.9. The molecule has 0 unspecified atom stereocenters. The van der Waals surface area contributed by atoms with Crippen molar-refractivity contribution < 1.29 is 19.1 Å². The third-order valence-electron chi connectivity index (χ3n) is 4.46. The maximum absolute atomic E-state index is 12.3. The summed E-state index contributed by atoms with van der Waals surface area (Å²) in [6.07, 6.45) is 2.85. The van der Waals surface area contributed by atoms with Crippen molar-refractivity contribution >= 4 is 46.1 Å². The Bertz CT molecular complexity index is 1200. The van der Waals surface area contributed by atoms with E-state index in [-0.39, 0.29) is 36.6 Å². The lowest BCUT2D eigenvalue weighted by Gasteiger charge is -2.16. The summed E-state index contributed by atoms with van der Waals surface area (Å²) in [5, 5.41) is 8.92. The number of fused-ring (bicyclic) bond motifs is 1. The number of carbonyl (C=O) groups is 2. The topological polar surface area (TPSA) is 133 Å². The normalized spacial score (nSPS) is 11.0. The van der Waals surface area contributed by atoms with E-state index in [4.69, 9.17) is 32.2 Å². The molecule has 9 nitrogen and oxygen atoms in total. The second kappa shape index (κ2) is 9.35. The van der Waals surface area contributed by atoms with Crippen molar-refractivity contribution in [2.24, 2.45) is 5.41 Å². The number of rotatable bonds is 5. The van der Waals surface area contributed by atoms with Crippen molar-refractivity contribution in [2.75, 3.05) is 12.8 Å². The number of carbonyl (C=O) groups excluding carboxylic acids is 2. The van der Waals surface area contributed by atoms with Crippen LogP contribution >= 0.6 is 11.6 Å². The number of nitrogens with one attached hydrogen (secondary N) is 1. The number of halogens is 1. The van der Waals surface area contributed by atoms with Crippen LogP contribution in [0.3, 0.4) is 0 Å². The van der Waals surface area contributed by atoms with Gasteiger partial charge in [0.05, 0.1) is 24.4 Å². The number of nitrogen functional groups attached to an aromatic ring is 1. The molecule has 0 spiro atoms. The van der Waals surface area contributed by atoms with Crippen molar-refractivity contribution in [1.29, 1.82) is 5.41 Å². The van der Waals surface area contributed by atoms with E-state index in [0.717, 1.165) is 0 Å². The summed E-state index contributed by atoms with van der Waals surface area (Å²) in [7, 11) is 1.25. The molecular formula is C22H26ClN5O4. The number of ether oxygens (including phenoxy) is 2. The molecule has 0 atom stereocenters. The van der Waals surface area contributed by atoms with Crippen LogP contribution in [0.2, 0.25) is 5.02 Å². The SMILES string of the molecule is C.COC(=O)c1cn(COC(=O)C(C)(C)C)c2ncc(C(=N)c3ccc(Cl)cc3N)nc12. The standard InChI is InChI=1S/C21H22ClN5O4.CH4/c1-21(2,3)20(29)31-10-27-9-13(19(28)30-4)17-18(27)25-8-15(26-17)16(24)12-6-5-11(22)7-14(12)23;/h5-9,24H,10,23H2,1-4H3;1H4. The second-order valence-electron chi connectivity index (χ2n) is 7.85. The molecule has 2 aromatic heterocycles. The number of anilines is 1. The van der Waals surface area contributed by atoms with Crippen LogP contribution in [0.1, 0.15) is 49.8 Å². The number of nitrogens with zero attached hydrogens (tertiary/aromatic N) is 3. The zero-order valence-corrected chi connectivity index (χ0v) is 18.3. The Kier molecular flexibility index (Phi) is 7.25. The molecule has 32 heavy (non-hydrogen) atoms. The minimum Gasteiger partial charge on any atom is -0.465 e. The highest BCUT2D eigenvalue weighted by atomic mass is 35.5. The van der Waals surface area contributed by atoms with E-state index >= 15 is 0 Å². The summed E-state index contributed by atoms with van der Waals surface area (Å²) in [4.78, 5) is 33.2. The lowest BCUT2D eigenvalue weighted by atomic mass is 9.98. The average molecular weight is 460 g/mol. The summed E-state index contributed by atoms with van der Waals surface area (Å²) in [6, 6.07) is 4.77. The molecule has 3 N–H and O–H groups in total. The van der Waals surface area contributed by atoms with Crippen LogP contribution in [0.4, 0.5) is 5.69 Å². The Morgan fingerprint density at radius 3 is 2.53 bits per heavy atom. The molecule has 0 amide bonds. The molecule has 0 aliphatic carbocycles. The number of nitrogens with two attached hydrogens (primary N) is 1. The smallest absolute Gasteiger partial charge is 0.341 e. The largest absolute Gasteiger partial charge is 0.465 e. The molecule has 10 heteroatoms. The summed E-state index contributed by atoms with van der Waals surface area (Å²) < 4.78 is 11.7. The maximum Gasteiger partial charge on any atom is 0.341 e. The van der Waals surface area contributed by atoms with Gasteiger partial charge in [0, 0.05) is 22.5 Å². The molecule has 3 aromatic rings. The lowest BCUT2D eigenvalue weighted by Crippen LogP contribution is -2.24. The third-order valence-corrected chi connectivity index (χ3v) is 4.69. The van der Waals surface area contributed by atoms with Crippen LogP contribution in [-0.4, -0.2) is 39.3 Å². The van der Waals surface area contributed by atoms with Gasteiger partial charge in [-0.15, -0.1) is 0 Å². The molecule has 0 radical (unpaired) electrons. The van der Waals surface area contributed by atoms with Crippen LogP contribution < -0.4 is 5.73 Å². The second-order valence-corrected chi connectivity index (χ2v) is 8.29. The number of hydrogen-bond acceptors (Lipinski definition) is 8. The van der Waals surface area contributed by atoms with Crippen LogP contribution in [0.5, 0.6) is 0 Å². The molecule has 2 heterocycles. The van der Waals surface area contributed by atoms with Crippen molar-refractivity contribution in [3.05, 3.63) is 52.4 Å². The summed E-state index contributed by atoms with van der Waals surface area (Å²) in [6.45, 7) is 5.06. The van der Waals surface area contributed by atoms with Crippen molar-refractivity contribution in [3.8, 4) is 0 Å². The van der Waals surface area contributed by atoms with Crippen LogP contribution in [0, 0.1) is 10.8 Å². The predicted molar refractivity (Wildman–Crippen MR) is 123 cm³/mol. The number of aromatic nitrogens is 3. The van der Waals surface area contributed by atoms with Gasteiger partial charge in [0.1, 0.15) is 16.8 Å². The van der Waals surface area contributed by atoms with Crippen molar-refractivity contribution in [2.45, 2.75) is 34.9 Å². The Labute approximate surface area is 191 Å². The number of benzene rings is 1. The van der Waals surface area contributed by atoms with E-state index in [0.29, 0.717) is 21.9 Å². The molecule has 0 aliphatic heterocycles. The molecule has 0 fully saturated rings. The van der Waals surface area contributed by atoms with E-state index in [1.54, 1.807) is 32.9 Å². The minimum atomic E-state index is -0.680. The van der Waals surface area contributed by atoms with Crippen LogP contribution in [0.25, 0.3) is 11.2 Å². The number of esters is 2. The first-order valence-electron chi connectivity index (χ1n) is 9.28. The fourth-order valence-corrected chi connectivity index (χ4v) is 2.95. The van der Waals surface area contributed by atoms with Gasteiger partial charge in [-0.3, -0.25) is 14.8 Å². The van der Waals surface area contributed by atoms with Gasteiger partial charge in [0.15, 0.2) is 12.4 Å². The monoisotopic (exact) mass is 459 g/mol. The Morgan fingerprint density at radius 1 is 1.25 bits per heavy atom. The van der Waals surface area contributed by atoms with E-state index in [1.807, 2.05) is 0 Å².